The van der Waals surface area contributed by atoms with Crippen LogP contribution in [0.2, 0.25) is 0 Å². The number of carbonyl (C=O) groups excluding carboxylic acids is 1. The summed E-state index contributed by atoms with van der Waals surface area (Å²) in [7, 11) is 1.60. The Kier molecular flexibility index (Phi) is 8.32. The second kappa shape index (κ2) is 8.88. The van der Waals surface area contributed by atoms with Gasteiger partial charge in [-0.05, 0) is 26.7 Å². The molecule has 0 spiro atoms. The van der Waals surface area contributed by atoms with Crippen molar-refractivity contribution >= 4 is 11.9 Å². The number of carboxylic acid groups (broad SMARTS) is 1. The van der Waals surface area contributed by atoms with E-state index in [-0.39, 0.29) is 18.4 Å². The van der Waals surface area contributed by atoms with E-state index >= 15 is 0 Å². The second-order valence-corrected chi connectivity index (χ2v) is 4.31. The smallest absolute Gasteiger partial charge is 0.305 e. The molecule has 1 amide bonds. The lowest BCUT2D eigenvalue weighted by atomic mass is 10.1. The summed E-state index contributed by atoms with van der Waals surface area (Å²) < 4.78 is 4.90. The van der Waals surface area contributed by atoms with E-state index in [0.29, 0.717) is 26.0 Å². The Morgan fingerprint density at radius 3 is 2.50 bits per heavy atom. The molecule has 0 bridgehead atoms. The fourth-order valence-corrected chi connectivity index (χ4v) is 1.83. The van der Waals surface area contributed by atoms with E-state index < -0.39 is 12.0 Å². The predicted molar refractivity (Wildman–Crippen MR) is 68.2 cm³/mol. The average Bonchev–Trinajstić information content (AvgIpc) is 2.28. The van der Waals surface area contributed by atoms with Gasteiger partial charge in [-0.1, -0.05) is 0 Å². The van der Waals surface area contributed by atoms with Crippen molar-refractivity contribution in [3.05, 3.63) is 0 Å². The summed E-state index contributed by atoms with van der Waals surface area (Å²) in [6.45, 7) is 4.57. The first kappa shape index (κ1) is 16.9. The van der Waals surface area contributed by atoms with Crippen molar-refractivity contribution in [3.63, 3.8) is 0 Å². The highest BCUT2D eigenvalue weighted by molar-refractivity contribution is 5.82. The Bertz CT molecular complexity index is 271. The number of methoxy groups -OCH3 is 1. The first-order valence-corrected chi connectivity index (χ1v) is 6.20. The molecule has 0 aromatic heterocycles. The van der Waals surface area contributed by atoms with Gasteiger partial charge in [0.2, 0.25) is 5.91 Å². The van der Waals surface area contributed by atoms with Crippen LogP contribution >= 0.6 is 0 Å². The van der Waals surface area contributed by atoms with Crippen molar-refractivity contribution < 1.29 is 19.4 Å². The number of nitrogens with two attached hydrogens (primary N) is 1. The minimum atomic E-state index is -0.915. The molecule has 0 rings (SSSR count). The lowest BCUT2D eigenvalue weighted by molar-refractivity contribution is -0.141. The van der Waals surface area contributed by atoms with Crippen molar-refractivity contribution in [2.45, 2.75) is 45.2 Å². The molecule has 0 saturated carbocycles. The predicted octanol–water partition coefficient (Wildman–Crippen LogP) is 0.452. The van der Waals surface area contributed by atoms with Crippen LogP contribution in [0.4, 0.5) is 0 Å². The van der Waals surface area contributed by atoms with Gasteiger partial charge in [0.05, 0.1) is 12.5 Å². The molecule has 6 heteroatoms. The lowest BCUT2D eigenvalue weighted by Gasteiger charge is -2.29. The highest BCUT2D eigenvalue weighted by atomic mass is 16.5. The Morgan fingerprint density at radius 2 is 2.06 bits per heavy atom. The Hall–Kier alpha value is -1.14. The van der Waals surface area contributed by atoms with Crippen molar-refractivity contribution in [3.8, 4) is 0 Å². The Morgan fingerprint density at radius 1 is 1.44 bits per heavy atom. The largest absolute Gasteiger partial charge is 0.481 e. The molecule has 0 heterocycles. The Balaban J connectivity index is 4.35. The summed E-state index contributed by atoms with van der Waals surface area (Å²) >= 11 is 0. The molecule has 2 atom stereocenters. The van der Waals surface area contributed by atoms with E-state index in [0.717, 1.165) is 0 Å². The number of ether oxygens (including phenoxy) is 1. The van der Waals surface area contributed by atoms with Crippen molar-refractivity contribution in [1.82, 2.24) is 4.90 Å². The molecule has 0 aromatic carbocycles. The van der Waals surface area contributed by atoms with Gasteiger partial charge in [-0.3, -0.25) is 9.59 Å². The SMILES string of the molecule is CCN(C(=O)C(N)CCCOC)C(C)CC(=O)O. The molecule has 0 saturated heterocycles. The minimum Gasteiger partial charge on any atom is -0.481 e. The molecule has 2 unspecified atom stereocenters. The minimum absolute atomic E-state index is 0.0651. The summed E-state index contributed by atoms with van der Waals surface area (Å²) in [5.41, 5.74) is 5.81. The van der Waals surface area contributed by atoms with Gasteiger partial charge >= 0.3 is 5.97 Å². The van der Waals surface area contributed by atoms with E-state index in [1.54, 1.807) is 14.0 Å². The summed E-state index contributed by atoms with van der Waals surface area (Å²) in [5.74, 6) is -1.11. The third-order valence-electron chi connectivity index (χ3n) is 2.81. The summed E-state index contributed by atoms with van der Waals surface area (Å²) in [5, 5.41) is 8.74. The molecule has 6 nitrogen and oxygen atoms in total. The third-order valence-corrected chi connectivity index (χ3v) is 2.81. The molecule has 0 aliphatic carbocycles. The molecule has 0 fully saturated rings. The first-order chi connectivity index (χ1) is 8.43. The van der Waals surface area contributed by atoms with Gasteiger partial charge < -0.3 is 20.5 Å². The third kappa shape index (κ3) is 5.97. The van der Waals surface area contributed by atoms with Crippen LogP contribution < -0.4 is 5.73 Å². The fourth-order valence-electron chi connectivity index (χ4n) is 1.83. The fraction of sp³-hybridized carbons (Fsp3) is 0.833. The average molecular weight is 260 g/mol. The van der Waals surface area contributed by atoms with Crippen LogP contribution in [-0.2, 0) is 14.3 Å². The lowest BCUT2D eigenvalue weighted by Crippen LogP contribution is -2.48. The van der Waals surface area contributed by atoms with E-state index in [1.807, 2.05) is 6.92 Å². The quantitative estimate of drug-likeness (QED) is 0.587. The molecule has 106 valence electrons. The number of aliphatic carboxylic acids is 1. The second-order valence-electron chi connectivity index (χ2n) is 4.31. The number of carbonyl (C=O) groups is 2. The maximum absolute atomic E-state index is 12.1. The highest BCUT2D eigenvalue weighted by Gasteiger charge is 2.24. The van der Waals surface area contributed by atoms with Crippen LogP contribution in [0.1, 0.15) is 33.1 Å². The van der Waals surface area contributed by atoms with E-state index in [1.165, 1.54) is 4.90 Å². The number of hydrogen-bond donors (Lipinski definition) is 2. The van der Waals surface area contributed by atoms with Gasteiger partial charge in [-0.2, -0.15) is 0 Å². The molecular formula is C12H24N2O4. The summed E-state index contributed by atoms with van der Waals surface area (Å²) in [6.07, 6.45) is 1.20. The zero-order valence-corrected chi connectivity index (χ0v) is 11.4. The number of nitrogens with zero attached hydrogens (tertiary/aromatic N) is 1. The topological polar surface area (TPSA) is 92.9 Å². The Labute approximate surface area is 108 Å². The van der Waals surface area contributed by atoms with Crippen molar-refractivity contribution in [2.75, 3.05) is 20.3 Å². The maximum Gasteiger partial charge on any atom is 0.305 e. The number of carboxylic acids is 1. The normalized spacial score (nSPS) is 14.0. The van der Waals surface area contributed by atoms with Gasteiger partial charge in [0, 0.05) is 26.3 Å². The van der Waals surface area contributed by atoms with Crippen LogP contribution in [0.5, 0.6) is 0 Å². The monoisotopic (exact) mass is 260 g/mol. The van der Waals surface area contributed by atoms with Crippen LogP contribution in [0.3, 0.4) is 0 Å². The highest BCUT2D eigenvalue weighted by Crippen LogP contribution is 2.08. The number of rotatable bonds is 9. The van der Waals surface area contributed by atoms with E-state index in [9.17, 15) is 9.59 Å². The maximum atomic E-state index is 12.1. The summed E-state index contributed by atoms with van der Waals surface area (Å²) in [4.78, 5) is 24.2. The van der Waals surface area contributed by atoms with Gasteiger partial charge in [-0.25, -0.2) is 0 Å². The molecule has 0 radical (unpaired) electrons. The molecule has 0 aromatic rings. The molecule has 18 heavy (non-hydrogen) atoms. The molecule has 3 N–H and O–H groups in total. The number of hydrogen-bond acceptors (Lipinski definition) is 4. The zero-order chi connectivity index (χ0) is 14.1. The van der Waals surface area contributed by atoms with Crippen LogP contribution in [0.25, 0.3) is 0 Å². The van der Waals surface area contributed by atoms with E-state index in [4.69, 9.17) is 15.6 Å². The van der Waals surface area contributed by atoms with Crippen LogP contribution in [0, 0.1) is 0 Å². The number of likely N-dealkylation sites (N-methyl/N-ethyl adjacent to an activating group) is 1. The van der Waals surface area contributed by atoms with Crippen LogP contribution in [0.15, 0.2) is 0 Å². The molecular weight excluding hydrogens is 236 g/mol. The number of amides is 1. The van der Waals surface area contributed by atoms with Crippen LogP contribution in [-0.4, -0.2) is 54.2 Å². The summed E-state index contributed by atoms with van der Waals surface area (Å²) in [6, 6.07) is -0.926. The van der Waals surface area contributed by atoms with Gasteiger partial charge in [0.1, 0.15) is 0 Å². The molecule has 0 aliphatic rings. The first-order valence-electron chi connectivity index (χ1n) is 6.20. The van der Waals surface area contributed by atoms with Crippen molar-refractivity contribution in [1.29, 1.82) is 0 Å². The van der Waals surface area contributed by atoms with Gasteiger partial charge in [0.15, 0.2) is 0 Å². The van der Waals surface area contributed by atoms with E-state index in [2.05, 4.69) is 0 Å². The standard InChI is InChI=1S/C12H24N2O4/c1-4-14(9(2)8-11(15)16)12(17)10(13)6-5-7-18-3/h9-10H,4-8,13H2,1-3H3,(H,15,16). The van der Waals surface area contributed by atoms with Crippen molar-refractivity contribution in [2.24, 2.45) is 5.73 Å². The van der Waals surface area contributed by atoms with Gasteiger partial charge in [-0.15, -0.1) is 0 Å². The molecule has 0 aliphatic heterocycles. The van der Waals surface area contributed by atoms with Gasteiger partial charge in [0.25, 0.3) is 0 Å². The zero-order valence-electron chi connectivity index (χ0n) is 11.4.